The molecule has 1 aliphatic heterocycles. The molecule has 2 nitrogen and oxygen atoms in total. The van der Waals surface area contributed by atoms with Crippen molar-refractivity contribution >= 4 is 10.8 Å². The Kier molecular flexibility index (Phi) is 1.97. The molecule has 0 spiro atoms. The molecule has 1 saturated heterocycles. The molecule has 2 heteroatoms. The number of hydrogen-bond acceptors (Lipinski definition) is 2. The van der Waals surface area contributed by atoms with Crippen molar-refractivity contribution in [3.05, 3.63) is 48.0 Å². The number of rotatable bonds is 2. The summed E-state index contributed by atoms with van der Waals surface area (Å²) in [5.74, 6) is 0. The van der Waals surface area contributed by atoms with E-state index in [0.717, 1.165) is 16.3 Å². The van der Waals surface area contributed by atoms with Gasteiger partial charge < -0.3 is 9.84 Å². The van der Waals surface area contributed by atoms with Crippen molar-refractivity contribution in [3.63, 3.8) is 0 Å². The van der Waals surface area contributed by atoms with Crippen LogP contribution in [0, 0.1) is 0 Å². The Morgan fingerprint density at radius 1 is 1.13 bits per heavy atom. The van der Waals surface area contributed by atoms with E-state index >= 15 is 0 Å². The molecule has 1 aliphatic rings. The van der Waals surface area contributed by atoms with Crippen LogP contribution in [0.2, 0.25) is 0 Å². The molecule has 0 amide bonds. The molecule has 1 fully saturated rings. The van der Waals surface area contributed by atoms with Crippen molar-refractivity contribution < 1.29 is 9.84 Å². The van der Waals surface area contributed by atoms with E-state index in [-0.39, 0.29) is 6.10 Å². The highest BCUT2D eigenvalue weighted by Gasteiger charge is 2.32. The molecule has 1 unspecified atom stereocenters. The quantitative estimate of drug-likeness (QED) is 0.754. The van der Waals surface area contributed by atoms with E-state index in [2.05, 4.69) is 12.1 Å². The maximum absolute atomic E-state index is 10.0. The Bertz CT molecular complexity index is 483. The van der Waals surface area contributed by atoms with Crippen LogP contribution in [0.4, 0.5) is 0 Å². The molecule has 0 radical (unpaired) electrons. The first-order valence-electron chi connectivity index (χ1n) is 5.13. The Labute approximate surface area is 88.1 Å². The van der Waals surface area contributed by atoms with Crippen LogP contribution in [-0.4, -0.2) is 17.8 Å². The molecule has 0 aromatic heterocycles. The van der Waals surface area contributed by atoms with Crippen LogP contribution >= 0.6 is 0 Å². The van der Waals surface area contributed by atoms with Gasteiger partial charge in [-0.2, -0.15) is 0 Å². The van der Waals surface area contributed by atoms with Gasteiger partial charge >= 0.3 is 0 Å². The highest BCUT2D eigenvalue weighted by Crippen LogP contribution is 2.31. The molecule has 15 heavy (non-hydrogen) atoms. The average molecular weight is 200 g/mol. The summed E-state index contributed by atoms with van der Waals surface area (Å²) in [6.45, 7) is 0.671. The number of aliphatic hydroxyl groups excluding tert-OH is 1. The number of benzene rings is 2. The molecule has 2 aromatic rings. The Morgan fingerprint density at radius 3 is 2.67 bits per heavy atom. The maximum atomic E-state index is 10.0. The van der Waals surface area contributed by atoms with E-state index in [4.69, 9.17) is 4.74 Å². The van der Waals surface area contributed by atoms with E-state index in [1.54, 1.807) is 0 Å². The normalized spacial score (nSPS) is 21.5. The fourth-order valence-electron chi connectivity index (χ4n) is 1.95. The number of aliphatic hydroxyl groups is 1. The van der Waals surface area contributed by atoms with E-state index in [1.165, 1.54) is 0 Å². The second-order valence-corrected chi connectivity index (χ2v) is 3.88. The summed E-state index contributed by atoms with van der Waals surface area (Å²) in [7, 11) is 0. The number of epoxide rings is 1. The minimum atomic E-state index is -0.490. The molecule has 0 saturated carbocycles. The van der Waals surface area contributed by atoms with Crippen LogP contribution in [0.1, 0.15) is 11.7 Å². The fourth-order valence-corrected chi connectivity index (χ4v) is 1.95. The van der Waals surface area contributed by atoms with Crippen LogP contribution in [0.25, 0.3) is 10.8 Å². The summed E-state index contributed by atoms with van der Waals surface area (Å²) < 4.78 is 5.12. The Hall–Kier alpha value is -1.38. The molecule has 1 N–H and O–H groups in total. The van der Waals surface area contributed by atoms with E-state index in [1.807, 2.05) is 30.3 Å². The zero-order chi connectivity index (χ0) is 10.3. The third-order valence-corrected chi connectivity index (χ3v) is 2.85. The Balaban J connectivity index is 2.16. The smallest absolute Gasteiger partial charge is 0.111 e. The van der Waals surface area contributed by atoms with E-state index < -0.39 is 6.10 Å². The molecule has 1 heterocycles. The van der Waals surface area contributed by atoms with Gasteiger partial charge in [-0.1, -0.05) is 42.5 Å². The minimum absolute atomic E-state index is 0.00388. The predicted molar refractivity (Wildman–Crippen MR) is 58.6 cm³/mol. The van der Waals surface area contributed by atoms with Crippen molar-refractivity contribution in [1.82, 2.24) is 0 Å². The molecule has 0 aliphatic carbocycles. The lowest BCUT2D eigenvalue weighted by Gasteiger charge is -2.10. The minimum Gasteiger partial charge on any atom is -0.386 e. The summed E-state index contributed by atoms with van der Waals surface area (Å²) in [6.07, 6.45) is -0.494. The fraction of sp³-hybridized carbons (Fsp3) is 0.231. The van der Waals surface area contributed by atoms with Crippen molar-refractivity contribution in [3.8, 4) is 0 Å². The monoisotopic (exact) mass is 200 g/mol. The second-order valence-electron chi connectivity index (χ2n) is 3.88. The number of ether oxygens (including phenoxy) is 1. The predicted octanol–water partition coefficient (Wildman–Crippen LogP) is 2.27. The van der Waals surface area contributed by atoms with Crippen molar-refractivity contribution in [2.45, 2.75) is 12.2 Å². The molecule has 2 aromatic carbocycles. The van der Waals surface area contributed by atoms with Crippen molar-refractivity contribution in [2.24, 2.45) is 0 Å². The zero-order valence-corrected chi connectivity index (χ0v) is 8.26. The second kappa shape index (κ2) is 3.33. The van der Waals surface area contributed by atoms with Crippen LogP contribution in [-0.2, 0) is 4.74 Å². The molecular weight excluding hydrogens is 188 g/mol. The molecule has 0 bridgehead atoms. The highest BCUT2D eigenvalue weighted by atomic mass is 16.6. The van der Waals surface area contributed by atoms with Crippen LogP contribution in [0.15, 0.2) is 42.5 Å². The Morgan fingerprint density at radius 2 is 1.87 bits per heavy atom. The SMILES string of the molecule is OC(c1cccc2ccccc12)[C@H]1CO1. The van der Waals surface area contributed by atoms with Gasteiger partial charge in [0.15, 0.2) is 0 Å². The van der Waals surface area contributed by atoms with Gasteiger partial charge in [-0.3, -0.25) is 0 Å². The molecule has 76 valence electrons. The largest absolute Gasteiger partial charge is 0.386 e. The highest BCUT2D eigenvalue weighted by molar-refractivity contribution is 5.86. The van der Waals surface area contributed by atoms with E-state index in [9.17, 15) is 5.11 Å². The lowest BCUT2D eigenvalue weighted by Crippen LogP contribution is -2.05. The summed E-state index contributed by atoms with van der Waals surface area (Å²) in [6, 6.07) is 14.1. The molecule has 3 rings (SSSR count). The van der Waals surface area contributed by atoms with Gasteiger partial charge in [-0.15, -0.1) is 0 Å². The van der Waals surface area contributed by atoms with E-state index in [0.29, 0.717) is 6.61 Å². The topological polar surface area (TPSA) is 32.8 Å². The first-order chi connectivity index (χ1) is 7.36. The summed E-state index contributed by atoms with van der Waals surface area (Å²) >= 11 is 0. The molecular formula is C13H12O2. The first-order valence-corrected chi connectivity index (χ1v) is 5.13. The summed E-state index contributed by atoms with van der Waals surface area (Å²) in [5.41, 5.74) is 0.968. The van der Waals surface area contributed by atoms with Gasteiger partial charge in [0, 0.05) is 0 Å². The summed E-state index contributed by atoms with van der Waals surface area (Å²) in [4.78, 5) is 0. The molecule has 2 atom stereocenters. The van der Waals surface area contributed by atoms with Crippen LogP contribution in [0.3, 0.4) is 0 Å². The number of fused-ring (bicyclic) bond motifs is 1. The summed E-state index contributed by atoms with van der Waals surface area (Å²) in [5, 5.41) is 12.3. The van der Waals surface area contributed by atoms with Crippen molar-refractivity contribution in [1.29, 1.82) is 0 Å². The maximum Gasteiger partial charge on any atom is 0.111 e. The van der Waals surface area contributed by atoms with Gasteiger partial charge in [-0.25, -0.2) is 0 Å². The van der Waals surface area contributed by atoms with Crippen LogP contribution in [0.5, 0.6) is 0 Å². The van der Waals surface area contributed by atoms with Gasteiger partial charge in [0.05, 0.1) is 6.61 Å². The van der Waals surface area contributed by atoms with Gasteiger partial charge in [0.1, 0.15) is 12.2 Å². The number of hydrogen-bond donors (Lipinski definition) is 1. The standard InChI is InChI=1S/C13H12O2/c14-13(12-8-15-12)11-7-3-5-9-4-1-2-6-10(9)11/h1-7,12-14H,8H2/t12-,13?/m1/s1. The zero-order valence-electron chi connectivity index (χ0n) is 8.26. The van der Waals surface area contributed by atoms with Gasteiger partial charge in [0.2, 0.25) is 0 Å². The lowest BCUT2D eigenvalue weighted by molar-refractivity contribution is 0.138. The van der Waals surface area contributed by atoms with Gasteiger partial charge in [-0.05, 0) is 16.3 Å². The average Bonchev–Trinajstić information content (AvgIpc) is 3.11. The first kappa shape index (κ1) is 8.89. The third-order valence-electron chi connectivity index (χ3n) is 2.85. The van der Waals surface area contributed by atoms with Gasteiger partial charge in [0.25, 0.3) is 0 Å². The van der Waals surface area contributed by atoms with Crippen molar-refractivity contribution in [2.75, 3.05) is 6.61 Å². The third kappa shape index (κ3) is 1.52. The van der Waals surface area contributed by atoms with Crippen LogP contribution < -0.4 is 0 Å². The lowest BCUT2D eigenvalue weighted by atomic mass is 9.99.